The molecule has 2 heterocycles. The molecule has 0 spiro atoms. The van der Waals surface area contributed by atoms with Crippen molar-refractivity contribution in [2.45, 2.75) is 5.41 Å². The molecule has 14 rings (SSSR count). The Kier molecular flexibility index (Phi) is 10.3. The van der Waals surface area contributed by atoms with Gasteiger partial charge >= 0.3 is 0 Å². The van der Waals surface area contributed by atoms with E-state index in [4.69, 9.17) is 4.98 Å². The molecule has 0 unspecified atom stereocenters. The minimum absolute atomic E-state index is 0.734. The molecule has 0 fully saturated rings. The highest BCUT2D eigenvalue weighted by Gasteiger charge is 2.49. The lowest BCUT2D eigenvalue weighted by Crippen LogP contribution is -2.31. The van der Waals surface area contributed by atoms with E-state index < -0.39 is 5.41 Å². The number of rotatable bonds is 9. The first-order valence-corrected chi connectivity index (χ1v) is 25.8. The number of hydrogen-bond acceptors (Lipinski definition) is 3. The second-order valence-electron chi connectivity index (χ2n) is 18.9. The topological polar surface area (TPSA) is 16.1 Å². The van der Waals surface area contributed by atoms with Crippen molar-refractivity contribution in [3.63, 3.8) is 0 Å². The Morgan fingerprint density at radius 1 is 0.356 bits per heavy atom. The van der Waals surface area contributed by atoms with Crippen molar-refractivity contribution in [3.05, 3.63) is 301 Å². The summed E-state index contributed by atoms with van der Waals surface area (Å²) in [6.07, 6.45) is 0. The largest absolute Gasteiger partial charge is 0.309 e. The van der Waals surface area contributed by atoms with Crippen molar-refractivity contribution < 1.29 is 0 Å². The molecule has 0 aliphatic heterocycles. The van der Waals surface area contributed by atoms with E-state index >= 15 is 0 Å². The average Bonchev–Trinajstić information content (AvgIpc) is 4.07. The Bertz CT molecular complexity index is 4130. The minimum atomic E-state index is -0.734. The first-order chi connectivity index (χ1) is 36.2. The smallest absolute Gasteiger partial charge is 0.0809 e. The van der Waals surface area contributed by atoms with E-state index in [-0.39, 0.29) is 0 Å². The number of aromatic nitrogens is 1. The van der Waals surface area contributed by atoms with Gasteiger partial charge in [-0.2, -0.15) is 0 Å². The van der Waals surface area contributed by atoms with Crippen LogP contribution in [-0.2, 0) is 5.41 Å². The maximum absolute atomic E-state index is 5.75. The maximum atomic E-state index is 5.75. The molecule has 0 saturated carbocycles. The first-order valence-electron chi connectivity index (χ1n) is 25.0. The van der Waals surface area contributed by atoms with E-state index in [1.165, 1.54) is 70.2 Å². The van der Waals surface area contributed by atoms with Crippen LogP contribution in [0, 0.1) is 0 Å². The van der Waals surface area contributed by atoms with Gasteiger partial charge in [-0.05, 0) is 98.1 Å². The van der Waals surface area contributed by atoms with Gasteiger partial charge in [-0.15, -0.1) is 11.3 Å². The standard InChI is InChI=1S/C70H46N2S/c1-5-20-47(21-6-1)48-36-40-54(41-37-48)72(55-42-38-50(39-43-55)56-31-19-32-60-58-30-15-18-35-65(58)73-69(56)60)68-61(67-62(49-22-7-2-8-23-49)46-51-24-13-17-34-64(51)71-67)45-44-59-57-29-14-16-33-63(57)70(66(59)68,52-25-9-3-10-26-52)53-27-11-4-12-28-53/h1-46H. The molecule has 0 saturated heterocycles. The van der Waals surface area contributed by atoms with Crippen LogP contribution >= 0.6 is 11.3 Å². The van der Waals surface area contributed by atoms with Crippen LogP contribution in [0.25, 0.3) is 86.8 Å². The summed E-state index contributed by atoms with van der Waals surface area (Å²) in [5, 5.41) is 3.69. The van der Waals surface area contributed by atoms with E-state index in [0.717, 1.165) is 55.9 Å². The fourth-order valence-electron chi connectivity index (χ4n) is 11.7. The van der Waals surface area contributed by atoms with Crippen molar-refractivity contribution >= 4 is 59.5 Å². The number of anilines is 3. The predicted molar refractivity (Wildman–Crippen MR) is 308 cm³/mol. The zero-order valence-corrected chi connectivity index (χ0v) is 40.7. The Morgan fingerprint density at radius 3 is 1.59 bits per heavy atom. The Balaban J connectivity index is 1.11. The van der Waals surface area contributed by atoms with E-state index in [0.29, 0.717) is 0 Å². The second-order valence-corrected chi connectivity index (χ2v) is 20.0. The van der Waals surface area contributed by atoms with Crippen LogP contribution in [0.2, 0.25) is 0 Å². The Morgan fingerprint density at radius 2 is 0.877 bits per heavy atom. The minimum Gasteiger partial charge on any atom is -0.309 e. The Labute approximate surface area is 429 Å². The molecule has 0 N–H and O–H groups in total. The SMILES string of the molecule is c1ccc(-c2ccc(N(c3ccc(-c4cccc5c4sc4ccccc45)cc3)c3c(-c4nc5ccccc5cc4-c4ccccc4)ccc4c3C(c3ccccc3)(c3ccccc3)c3ccccc3-4)cc2)cc1. The van der Waals surface area contributed by atoms with Gasteiger partial charge in [0.15, 0.2) is 0 Å². The third-order valence-electron chi connectivity index (χ3n) is 14.9. The first kappa shape index (κ1) is 42.7. The zero-order valence-electron chi connectivity index (χ0n) is 39.9. The fourth-order valence-corrected chi connectivity index (χ4v) is 12.9. The highest BCUT2D eigenvalue weighted by Crippen LogP contribution is 2.62. The van der Waals surface area contributed by atoms with Gasteiger partial charge in [-0.25, -0.2) is 4.98 Å². The van der Waals surface area contributed by atoms with E-state index in [1.54, 1.807) is 0 Å². The fraction of sp³-hybridized carbons (Fsp3) is 0.0143. The molecule has 0 radical (unpaired) electrons. The van der Waals surface area contributed by atoms with Crippen LogP contribution in [0.5, 0.6) is 0 Å². The summed E-state index contributed by atoms with van der Waals surface area (Å²) < 4.78 is 2.60. The number of thiophene rings is 1. The van der Waals surface area contributed by atoms with Crippen LogP contribution in [0.15, 0.2) is 279 Å². The summed E-state index contributed by atoms with van der Waals surface area (Å²) in [5.74, 6) is 0. The van der Waals surface area contributed by atoms with Crippen LogP contribution in [-0.4, -0.2) is 4.98 Å². The van der Waals surface area contributed by atoms with Crippen LogP contribution in [0.4, 0.5) is 17.1 Å². The highest BCUT2D eigenvalue weighted by atomic mass is 32.1. The molecule has 0 atom stereocenters. The molecular weight excluding hydrogens is 901 g/mol. The lowest BCUT2D eigenvalue weighted by Gasteiger charge is -2.39. The lowest BCUT2D eigenvalue weighted by molar-refractivity contribution is 0.768. The van der Waals surface area contributed by atoms with Gasteiger partial charge in [0.1, 0.15) is 0 Å². The van der Waals surface area contributed by atoms with Gasteiger partial charge in [0.2, 0.25) is 0 Å². The molecule has 0 amide bonds. The summed E-state index contributed by atoms with van der Waals surface area (Å²) >= 11 is 1.87. The number of hydrogen-bond donors (Lipinski definition) is 0. The van der Waals surface area contributed by atoms with Crippen LogP contribution < -0.4 is 4.90 Å². The predicted octanol–water partition coefficient (Wildman–Crippen LogP) is 19.1. The van der Waals surface area contributed by atoms with Crippen molar-refractivity contribution in [2.75, 3.05) is 4.90 Å². The number of nitrogens with zero attached hydrogens (tertiary/aromatic N) is 2. The molecule has 13 aromatic rings. The van der Waals surface area contributed by atoms with Gasteiger partial charge < -0.3 is 4.90 Å². The van der Waals surface area contributed by atoms with E-state index in [2.05, 4.69) is 284 Å². The third kappa shape index (κ3) is 6.96. The van der Waals surface area contributed by atoms with Crippen molar-refractivity contribution in [1.82, 2.24) is 4.98 Å². The number of benzene rings is 11. The molecule has 11 aromatic carbocycles. The van der Waals surface area contributed by atoms with Gasteiger partial charge in [0.25, 0.3) is 0 Å². The summed E-state index contributed by atoms with van der Waals surface area (Å²) in [4.78, 5) is 8.28. The molecule has 0 bridgehead atoms. The van der Waals surface area contributed by atoms with Crippen molar-refractivity contribution in [1.29, 1.82) is 0 Å². The molecule has 342 valence electrons. The quantitative estimate of drug-likeness (QED) is 0.143. The molecule has 3 heteroatoms. The number of fused-ring (bicyclic) bond motifs is 7. The van der Waals surface area contributed by atoms with Gasteiger partial charge in [-0.1, -0.05) is 237 Å². The molecule has 2 aromatic heterocycles. The van der Waals surface area contributed by atoms with Crippen molar-refractivity contribution in [2.24, 2.45) is 0 Å². The zero-order chi connectivity index (χ0) is 48.3. The van der Waals surface area contributed by atoms with Crippen LogP contribution in [0.3, 0.4) is 0 Å². The van der Waals surface area contributed by atoms with Gasteiger partial charge in [0, 0.05) is 53.6 Å². The number of pyridine rings is 1. The summed E-state index contributed by atoms with van der Waals surface area (Å²) in [7, 11) is 0. The van der Waals surface area contributed by atoms with Gasteiger partial charge in [-0.3, -0.25) is 0 Å². The highest BCUT2D eigenvalue weighted by molar-refractivity contribution is 7.26. The lowest BCUT2D eigenvalue weighted by atomic mass is 9.66. The summed E-state index contributed by atoms with van der Waals surface area (Å²) in [6, 6.07) is 102. The summed E-state index contributed by atoms with van der Waals surface area (Å²) in [5.41, 5.74) is 19.6. The van der Waals surface area contributed by atoms with E-state index in [1.807, 2.05) is 11.3 Å². The second kappa shape index (κ2) is 17.6. The molecular formula is C70H46N2S. The third-order valence-corrected chi connectivity index (χ3v) is 16.2. The number of para-hydroxylation sites is 1. The Hall–Kier alpha value is -9.15. The summed E-state index contributed by atoms with van der Waals surface area (Å²) in [6.45, 7) is 0. The maximum Gasteiger partial charge on any atom is 0.0809 e. The molecule has 73 heavy (non-hydrogen) atoms. The molecule has 1 aliphatic rings. The average molecular weight is 947 g/mol. The van der Waals surface area contributed by atoms with Gasteiger partial charge in [0.05, 0.1) is 22.3 Å². The van der Waals surface area contributed by atoms with Crippen molar-refractivity contribution in [3.8, 4) is 55.8 Å². The monoisotopic (exact) mass is 946 g/mol. The van der Waals surface area contributed by atoms with Crippen LogP contribution in [0.1, 0.15) is 22.3 Å². The normalized spacial score (nSPS) is 12.5. The molecule has 2 nitrogen and oxygen atoms in total. The molecule has 1 aliphatic carbocycles. The van der Waals surface area contributed by atoms with E-state index in [9.17, 15) is 0 Å².